The predicted molar refractivity (Wildman–Crippen MR) is 52.1 cm³/mol. The molecule has 0 atom stereocenters. The second kappa shape index (κ2) is 12.7. The smallest absolute Gasteiger partial charge is 0.171 e. The first-order valence-corrected chi connectivity index (χ1v) is 4.26. The topological polar surface area (TPSA) is 128 Å². The van der Waals surface area contributed by atoms with E-state index in [9.17, 15) is 0 Å². The molecule has 0 rings (SSSR count). The van der Waals surface area contributed by atoms with Crippen molar-refractivity contribution in [2.75, 3.05) is 39.5 Å². The van der Waals surface area contributed by atoms with Gasteiger partial charge in [0.2, 0.25) is 0 Å². The molecule has 0 aromatic carbocycles. The summed E-state index contributed by atoms with van der Waals surface area (Å²) >= 11 is 0. The maximum atomic E-state index is 8.54. The van der Waals surface area contributed by atoms with Gasteiger partial charge >= 0.3 is 0 Å². The van der Waals surface area contributed by atoms with Crippen molar-refractivity contribution in [1.29, 1.82) is 0 Å². The molecule has 0 saturated carbocycles. The molecule has 0 saturated heterocycles. The number of aliphatic hydroxyl groups excluding tert-OH is 3. The fraction of sp³-hybridized carbons (Fsp3) is 0.857. The molecule has 0 aliphatic rings. The van der Waals surface area contributed by atoms with E-state index in [4.69, 9.17) is 15.3 Å². The molecule has 0 unspecified atom stereocenters. The van der Waals surface area contributed by atoms with Gasteiger partial charge in [-0.25, -0.2) is 0 Å². The highest BCUT2D eigenvalue weighted by Gasteiger charge is 2.05. The minimum Gasteiger partial charge on any atom is -0.412 e. The molecule has 0 aromatic rings. The molecule has 0 bridgehead atoms. The lowest BCUT2D eigenvalue weighted by Crippen LogP contribution is -2.47. The minimum atomic E-state index is 0. The average Bonchev–Trinajstić information content (AvgIpc) is 2.17. The van der Waals surface area contributed by atoms with Gasteiger partial charge < -0.3 is 20.8 Å². The van der Waals surface area contributed by atoms with E-state index in [0.717, 1.165) is 0 Å². The third kappa shape index (κ3) is 9.81. The van der Waals surface area contributed by atoms with Crippen LogP contribution in [0.15, 0.2) is 0 Å². The number of aliphatic hydroxyl groups is 3. The van der Waals surface area contributed by atoms with Gasteiger partial charge in [-0.3, -0.25) is 16.0 Å². The second-order valence-corrected chi connectivity index (χ2v) is 2.33. The Hall–Kier alpha value is -0.280. The van der Waals surface area contributed by atoms with Crippen LogP contribution in [0.1, 0.15) is 0 Å². The van der Waals surface area contributed by atoms with Crippen molar-refractivity contribution >= 4 is 0 Å². The average molecular weight is 210 g/mol. The van der Waals surface area contributed by atoms with Crippen LogP contribution in [0.2, 0.25) is 0 Å². The van der Waals surface area contributed by atoms with E-state index < -0.39 is 0 Å². The Bertz CT molecular complexity index is 87.9. The van der Waals surface area contributed by atoms with E-state index in [2.05, 4.69) is 16.0 Å². The van der Waals surface area contributed by atoms with Crippen molar-refractivity contribution in [2.45, 2.75) is 0 Å². The van der Waals surface area contributed by atoms with Gasteiger partial charge in [-0.05, 0) is 0 Å². The van der Waals surface area contributed by atoms with Crippen molar-refractivity contribution in [2.24, 2.45) is 0 Å². The molecular formula is C7H20N3O4. The van der Waals surface area contributed by atoms with Crippen LogP contribution in [0.4, 0.5) is 0 Å². The number of hydrogen-bond acceptors (Lipinski definition) is 6. The summed E-state index contributed by atoms with van der Waals surface area (Å²) in [6, 6.07) is 0. The first-order chi connectivity index (χ1) is 6.35. The van der Waals surface area contributed by atoms with Crippen LogP contribution in [0.3, 0.4) is 0 Å². The highest BCUT2D eigenvalue weighted by molar-refractivity contribution is 4.79. The molecule has 87 valence electrons. The summed E-state index contributed by atoms with van der Waals surface area (Å²) in [4.78, 5) is 0. The molecule has 0 aliphatic carbocycles. The molecule has 7 nitrogen and oxygen atoms in total. The van der Waals surface area contributed by atoms with Crippen LogP contribution < -0.4 is 16.0 Å². The Morgan fingerprint density at radius 2 is 1.00 bits per heavy atom. The lowest BCUT2D eigenvalue weighted by molar-refractivity contribution is 0.261. The molecule has 7 heteroatoms. The van der Waals surface area contributed by atoms with E-state index in [1.54, 1.807) is 0 Å². The molecule has 8 N–H and O–H groups in total. The lowest BCUT2D eigenvalue weighted by atomic mass is 10.5. The fourth-order valence-electron chi connectivity index (χ4n) is 0.730. The van der Waals surface area contributed by atoms with Crippen molar-refractivity contribution in [3.63, 3.8) is 0 Å². The third-order valence-corrected chi connectivity index (χ3v) is 1.24. The molecule has 0 fully saturated rings. The van der Waals surface area contributed by atoms with Crippen LogP contribution >= 0.6 is 0 Å². The second-order valence-electron chi connectivity index (χ2n) is 2.33. The number of rotatable bonds is 9. The Morgan fingerprint density at radius 3 is 1.21 bits per heavy atom. The summed E-state index contributed by atoms with van der Waals surface area (Å²) in [7, 11) is 0. The SMILES string of the molecule is O.OCCN[C](NCCO)NCCO. The van der Waals surface area contributed by atoms with Gasteiger partial charge in [0.15, 0.2) is 6.29 Å². The summed E-state index contributed by atoms with van der Waals surface area (Å²) in [5.41, 5.74) is 0. The first-order valence-electron chi connectivity index (χ1n) is 4.26. The van der Waals surface area contributed by atoms with E-state index in [1.807, 2.05) is 0 Å². The van der Waals surface area contributed by atoms with Gasteiger partial charge in [0.05, 0.1) is 19.8 Å². The van der Waals surface area contributed by atoms with Crippen molar-refractivity contribution in [1.82, 2.24) is 16.0 Å². The van der Waals surface area contributed by atoms with Crippen LogP contribution in [0.25, 0.3) is 0 Å². The van der Waals surface area contributed by atoms with Crippen molar-refractivity contribution in [3.8, 4) is 0 Å². The van der Waals surface area contributed by atoms with Gasteiger partial charge in [-0.1, -0.05) is 0 Å². The van der Waals surface area contributed by atoms with Gasteiger partial charge in [0, 0.05) is 19.6 Å². The predicted octanol–water partition coefficient (Wildman–Crippen LogP) is -3.65. The molecule has 0 amide bonds. The van der Waals surface area contributed by atoms with Gasteiger partial charge in [0.25, 0.3) is 0 Å². The third-order valence-electron chi connectivity index (χ3n) is 1.24. The zero-order valence-electron chi connectivity index (χ0n) is 8.08. The van der Waals surface area contributed by atoms with Crippen LogP contribution in [0, 0.1) is 6.29 Å². The molecule has 0 aromatic heterocycles. The molecule has 1 radical (unpaired) electrons. The highest BCUT2D eigenvalue weighted by atomic mass is 16.3. The Morgan fingerprint density at radius 1 is 0.714 bits per heavy atom. The monoisotopic (exact) mass is 210 g/mol. The summed E-state index contributed by atoms with van der Waals surface area (Å²) in [5.74, 6) is 0. The van der Waals surface area contributed by atoms with Crippen molar-refractivity contribution < 1.29 is 20.8 Å². The lowest BCUT2D eigenvalue weighted by Gasteiger charge is -2.18. The van der Waals surface area contributed by atoms with E-state index >= 15 is 0 Å². The first kappa shape index (κ1) is 16.2. The van der Waals surface area contributed by atoms with E-state index in [1.165, 1.54) is 0 Å². The largest absolute Gasteiger partial charge is 0.412 e. The normalized spacial score (nSPS) is 10.3. The number of nitrogens with one attached hydrogen (secondary N) is 3. The Balaban J connectivity index is 0. The molecular weight excluding hydrogens is 190 g/mol. The van der Waals surface area contributed by atoms with Gasteiger partial charge in [-0.15, -0.1) is 0 Å². The van der Waals surface area contributed by atoms with Crippen molar-refractivity contribution in [3.05, 3.63) is 6.29 Å². The summed E-state index contributed by atoms with van der Waals surface area (Å²) in [6.07, 6.45) is 0.608. The molecule has 0 aliphatic heterocycles. The van der Waals surface area contributed by atoms with E-state index in [0.29, 0.717) is 25.9 Å². The zero-order chi connectivity index (χ0) is 9.94. The van der Waals surface area contributed by atoms with Gasteiger partial charge in [0.1, 0.15) is 0 Å². The summed E-state index contributed by atoms with van der Waals surface area (Å²) in [5, 5.41) is 34.2. The van der Waals surface area contributed by atoms with Crippen LogP contribution in [-0.2, 0) is 0 Å². The standard InChI is InChI=1S/C7H18N3O3.H2O/c11-4-1-8-7(9-2-5-12)10-3-6-13;/h8-13H,1-6H2;1H2. The maximum absolute atomic E-state index is 8.54. The van der Waals surface area contributed by atoms with Crippen LogP contribution in [-0.4, -0.2) is 60.3 Å². The quantitative estimate of drug-likeness (QED) is 0.233. The fourth-order valence-corrected chi connectivity index (χ4v) is 0.730. The molecule has 0 heterocycles. The summed E-state index contributed by atoms with van der Waals surface area (Å²) in [6.45, 7) is 1.37. The van der Waals surface area contributed by atoms with Crippen LogP contribution in [0.5, 0.6) is 0 Å². The zero-order valence-corrected chi connectivity index (χ0v) is 8.08. The summed E-state index contributed by atoms with van der Waals surface area (Å²) < 4.78 is 0. The molecule has 14 heavy (non-hydrogen) atoms. The maximum Gasteiger partial charge on any atom is 0.171 e. The van der Waals surface area contributed by atoms with E-state index in [-0.39, 0.29) is 25.3 Å². The number of hydrogen-bond donors (Lipinski definition) is 6. The molecule has 0 spiro atoms. The Labute approximate surface area is 83.4 Å². The highest BCUT2D eigenvalue weighted by Crippen LogP contribution is 1.80. The minimum absolute atomic E-state index is 0. The van der Waals surface area contributed by atoms with Gasteiger partial charge in [-0.2, -0.15) is 0 Å². The Kier molecular flexibility index (Phi) is 14.7.